The highest BCUT2D eigenvalue weighted by Crippen LogP contribution is 2.27. The molecule has 4 heterocycles. The van der Waals surface area contributed by atoms with Gasteiger partial charge in [0.05, 0.1) is 62.7 Å². The van der Waals surface area contributed by atoms with Crippen molar-refractivity contribution in [2.75, 3.05) is 39.6 Å². The van der Waals surface area contributed by atoms with Crippen molar-refractivity contribution < 1.29 is 27.8 Å². The molecule has 0 atom stereocenters. The van der Waals surface area contributed by atoms with Crippen molar-refractivity contribution in [1.29, 1.82) is 0 Å². The van der Waals surface area contributed by atoms with Crippen LogP contribution in [0.4, 0.5) is 0 Å². The third-order valence-corrected chi connectivity index (χ3v) is 10.0. The van der Waals surface area contributed by atoms with E-state index in [1.807, 2.05) is 109 Å². The molecular weight excluding hydrogens is 789 g/mol. The monoisotopic (exact) mass is 828 g/mol. The maximum absolute atomic E-state index is 12.5. The first kappa shape index (κ1) is 39.8. The van der Waals surface area contributed by atoms with Crippen LogP contribution in [0.1, 0.15) is 0 Å². The number of para-hydroxylation sites is 2. The Morgan fingerprint density at radius 3 is 1.37 bits per heavy atom. The van der Waals surface area contributed by atoms with Crippen LogP contribution in [-0.4, -0.2) is 69.6 Å². The number of rotatable bonds is 18. The number of aromatic nitrogens is 6. The highest BCUT2D eigenvalue weighted by Gasteiger charge is 2.11. The average Bonchev–Trinajstić information content (AvgIpc) is 4.00. The van der Waals surface area contributed by atoms with Gasteiger partial charge in [-0.05, 0) is 78.9 Å². The molecule has 0 saturated carbocycles. The van der Waals surface area contributed by atoms with Crippen molar-refractivity contribution in [2.45, 2.75) is 13.1 Å². The van der Waals surface area contributed by atoms with Crippen molar-refractivity contribution in [1.82, 2.24) is 30.0 Å². The molecule has 0 N–H and O–H groups in total. The SMILES string of the molecule is O=c1cc(-c2ccc(OCCOCCn3cc(-c4cccc(-c5cn(CCOCCOc6ccc(-c7cc(=O)c8ccccc8o7)cc6)nn5)c4)nn3)cc2)oc2ccccc12. The topological polar surface area (TPSA) is 159 Å². The molecule has 310 valence electrons. The Morgan fingerprint density at radius 2 is 0.903 bits per heavy atom. The zero-order valence-electron chi connectivity index (χ0n) is 33.5. The second kappa shape index (κ2) is 18.7. The van der Waals surface area contributed by atoms with E-state index in [4.69, 9.17) is 27.8 Å². The van der Waals surface area contributed by atoms with Gasteiger partial charge in [-0.2, -0.15) is 0 Å². The van der Waals surface area contributed by atoms with Crippen molar-refractivity contribution in [3.63, 3.8) is 0 Å². The molecule has 9 aromatic rings. The summed E-state index contributed by atoms with van der Waals surface area (Å²) in [6.07, 6.45) is 3.77. The van der Waals surface area contributed by atoms with Crippen LogP contribution in [0.2, 0.25) is 0 Å². The van der Waals surface area contributed by atoms with Crippen LogP contribution in [-0.2, 0) is 22.6 Å². The van der Waals surface area contributed by atoms with E-state index in [-0.39, 0.29) is 10.9 Å². The number of benzene rings is 5. The predicted molar refractivity (Wildman–Crippen MR) is 233 cm³/mol. The van der Waals surface area contributed by atoms with E-state index < -0.39 is 0 Å². The van der Waals surface area contributed by atoms with Crippen LogP contribution in [0.5, 0.6) is 11.5 Å². The highest BCUT2D eigenvalue weighted by atomic mass is 16.5. The number of hydrogen-bond donors (Lipinski definition) is 0. The fraction of sp³-hybridized carbons (Fsp3) is 0.167. The zero-order chi connectivity index (χ0) is 42.1. The summed E-state index contributed by atoms with van der Waals surface area (Å²) in [6.45, 7) is 3.50. The van der Waals surface area contributed by atoms with E-state index in [0.717, 1.165) is 33.6 Å². The molecule has 0 aliphatic rings. The van der Waals surface area contributed by atoms with Crippen LogP contribution in [0.25, 0.3) is 67.1 Å². The van der Waals surface area contributed by atoms with Gasteiger partial charge < -0.3 is 27.8 Å². The molecule has 0 unspecified atom stereocenters. The van der Waals surface area contributed by atoms with E-state index in [0.29, 0.717) is 97.7 Å². The van der Waals surface area contributed by atoms with E-state index in [9.17, 15) is 9.59 Å². The van der Waals surface area contributed by atoms with Crippen LogP contribution >= 0.6 is 0 Å². The molecule has 62 heavy (non-hydrogen) atoms. The fourth-order valence-electron chi connectivity index (χ4n) is 6.80. The Labute approximate surface area is 354 Å². The second-order valence-electron chi connectivity index (χ2n) is 14.2. The molecule has 14 nitrogen and oxygen atoms in total. The highest BCUT2D eigenvalue weighted by molar-refractivity contribution is 5.79. The van der Waals surface area contributed by atoms with Gasteiger partial charge in [0.2, 0.25) is 0 Å². The molecule has 0 radical (unpaired) electrons. The van der Waals surface area contributed by atoms with Gasteiger partial charge in [-0.15, -0.1) is 10.2 Å². The third-order valence-electron chi connectivity index (χ3n) is 10.0. The molecule has 0 amide bonds. The maximum Gasteiger partial charge on any atom is 0.193 e. The molecule has 0 fully saturated rings. The van der Waals surface area contributed by atoms with Crippen molar-refractivity contribution >= 4 is 21.9 Å². The fourth-order valence-corrected chi connectivity index (χ4v) is 6.80. The molecular formula is C48H40N6O8. The van der Waals surface area contributed by atoms with Crippen LogP contribution < -0.4 is 20.3 Å². The summed E-state index contributed by atoms with van der Waals surface area (Å²) < 4.78 is 38.6. The molecule has 0 spiro atoms. The second-order valence-corrected chi connectivity index (χ2v) is 14.2. The summed E-state index contributed by atoms with van der Waals surface area (Å²) >= 11 is 0. The lowest BCUT2D eigenvalue weighted by Gasteiger charge is -2.08. The first-order valence-electron chi connectivity index (χ1n) is 20.1. The van der Waals surface area contributed by atoms with Gasteiger partial charge in [0.25, 0.3) is 0 Å². The van der Waals surface area contributed by atoms with Gasteiger partial charge in [-0.25, -0.2) is 9.36 Å². The number of hydrogen-bond acceptors (Lipinski definition) is 12. The van der Waals surface area contributed by atoms with E-state index in [1.165, 1.54) is 12.1 Å². The average molecular weight is 829 g/mol. The summed E-state index contributed by atoms with van der Waals surface area (Å²) in [5.74, 6) is 2.40. The molecule has 0 bridgehead atoms. The van der Waals surface area contributed by atoms with E-state index >= 15 is 0 Å². The Kier molecular flexibility index (Phi) is 12.0. The third kappa shape index (κ3) is 9.52. The Balaban J connectivity index is 0.674. The molecule has 14 heteroatoms. The minimum absolute atomic E-state index is 0.0777. The summed E-state index contributed by atoms with van der Waals surface area (Å²) in [5.41, 5.74) is 5.82. The Morgan fingerprint density at radius 1 is 0.452 bits per heavy atom. The lowest BCUT2D eigenvalue weighted by Crippen LogP contribution is -2.11. The van der Waals surface area contributed by atoms with Crippen molar-refractivity contribution in [3.8, 4) is 56.7 Å². The van der Waals surface area contributed by atoms with E-state index in [2.05, 4.69) is 20.6 Å². The van der Waals surface area contributed by atoms with Gasteiger partial charge in [0.1, 0.15) is 58.8 Å². The van der Waals surface area contributed by atoms with Gasteiger partial charge in [0.15, 0.2) is 10.9 Å². The lowest BCUT2D eigenvalue weighted by atomic mass is 10.1. The number of ether oxygens (including phenoxy) is 4. The van der Waals surface area contributed by atoms with E-state index in [1.54, 1.807) is 33.6 Å². The van der Waals surface area contributed by atoms with Crippen LogP contribution in [0.15, 0.2) is 164 Å². The summed E-state index contributed by atoms with van der Waals surface area (Å²) in [6, 6.07) is 40.2. The molecule has 0 saturated heterocycles. The molecule has 9 rings (SSSR count). The van der Waals surface area contributed by atoms with Gasteiger partial charge in [0, 0.05) is 34.4 Å². The first-order valence-corrected chi connectivity index (χ1v) is 20.1. The minimum atomic E-state index is -0.0777. The number of fused-ring (bicyclic) bond motifs is 2. The maximum atomic E-state index is 12.5. The standard InChI is InChI=1S/C48H40N6O8/c55-43-29-47(61-45-10-3-1-8-39(43)45)33-12-16-37(17-13-33)59-26-24-57-22-20-53-31-41(49-51-53)35-6-5-7-36(28-35)42-32-54(52-50-42)21-23-58-25-27-60-38-18-14-34(15-19-38)48-30-44(56)40-9-2-4-11-46(40)62-48/h1-19,28-32H,20-27H2. The molecule has 0 aliphatic carbocycles. The number of nitrogens with zero attached hydrogens (tertiary/aromatic N) is 6. The summed E-state index contributed by atoms with van der Waals surface area (Å²) in [7, 11) is 0. The van der Waals surface area contributed by atoms with Gasteiger partial charge in [-0.3, -0.25) is 9.59 Å². The summed E-state index contributed by atoms with van der Waals surface area (Å²) in [4.78, 5) is 25.0. The van der Waals surface area contributed by atoms with Crippen LogP contribution in [0, 0.1) is 0 Å². The largest absolute Gasteiger partial charge is 0.491 e. The molecule has 5 aromatic carbocycles. The molecule has 4 aromatic heterocycles. The van der Waals surface area contributed by atoms with Gasteiger partial charge >= 0.3 is 0 Å². The smallest absolute Gasteiger partial charge is 0.193 e. The first-order chi connectivity index (χ1) is 30.5. The Hall–Kier alpha value is -7.68. The Bertz CT molecular complexity index is 2840. The lowest BCUT2D eigenvalue weighted by molar-refractivity contribution is 0.0923. The zero-order valence-corrected chi connectivity index (χ0v) is 33.5. The normalized spacial score (nSPS) is 11.4. The van der Waals surface area contributed by atoms with Crippen molar-refractivity contribution in [3.05, 3.63) is 166 Å². The minimum Gasteiger partial charge on any atom is -0.491 e. The predicted octanol–water partition coefficient (Wildman–Crippen LogP) is 7.94. The quantitative estimate of drug-likeness (QED) is 0.0770. The summed E-state index contributed by atoms with van der Waals surface area (Å²) in [5, 5.41) is 18.4. The molecule has 0 aliphatic heterocycles. The van der Waals surface area contributed by atoms with Crippen LogP contribution in [0.3, 0.4) is 0 Å². The van der Waals surface area contributed by atoms with Gasteiger partial charge in [-0.1, -0.05) is 52.9 Å². The van der Waals surface area contributed by atoms with Crippen molar-refractivity contribution in [2.24, 2.45) is 0 Å².